The fourth-order valence-corrected chi connectivity index (χ4v) is 2.00. The lowest BCUT2D eigenvalue weighted by atomic mass is 10.0. The average molecular weight is 257 g/mol. The first-order valence-electron chi connectivity index (χ1n) is 6.48. The van der Waals surface area contributed by atoms with E-state index in [9.17, 15) is 9.59 Å². The van der Waals surface area contributed by atoms with Crippen molar-refractivity contribution in [1.29, 1.82) is 0 Å². The van der Waals surface area contributed by atoms with Crippen molar-refractivity contribution in [3.8, 4) is 0 Å². The zero-order valence-electron chi connectivity index (χ0n) is 11.1. The summed E-state index contributed by atoms with van der Waals surface area (Å²) in [6, 6.07) is -0.233. The Hall–Kier alpha value is -1.14. The Morgan fingerprint density at radius 1 is 1.33 bits per heavy atom. The quantitative estimate of drug-likeness (QED) is 0.661. The third kappa shape index (κ3) is 3.96. The van der Waals surface area contributed by atoms with Crippen molar-refractivity contribution in [3.05, 3.63) is 0 Å². The maximum Gasteiger partial charge on any atom is 0.227 e. The predicted molar refractivity (Wildman–Crippen MR) is 67.8 cm³/mol. The van der Waals surface area contributed by atoms with Crippen LogP contribution in [0.5, 0.6) is 0 Å². The average Bonchev–Trinajstić information content (AvgIpc) is 2.77. The van der Waals surface area contributed by atoms with E-state index in [1.54, 1.807) is 4.90 Å². The van der Waals surface area contributed by atoms with Gasteiger partial charge in [0.25, 0.3) is 0 Å². The zero-order chi connectivity index (χ0) is 13.5. The summed E-state index contributed by atoms with van der Waals surface area (Å²) in [5, 5.41) is 2.74. The topological polar surface area (TPSA) is 84.7 Å². The molecule has 0 saturated carbocycles. The van der Waals surface area contributed by atoms with Gasteiger partial charge in [-0.2, -0.15) is 0 Å². The summed E-state index contributed by atoms with van der Waals surface area (Å²) in [5.74, 6) is -0.340. The van der Waals surface area contributed by atoms with Crippen LogP contribution >= 0.6 is 0 Å². The lowest BCUT2D eigenvalue weighted by Crippen LogP contribution is -2.42. The molecule has 1 saturated heterocycles. The van der Waals surface area contributed by atoms with Crippen molar-refractivity contribution in [3.63, 3.8) is 0 Å². The monoisotopic (exact) mass is 257 g/mol. The summed E-state index contributed by atoms with van der Waals surface area (Å²) in [6.07, 6.45) is 0.330. The van der Waals surface area contributed by atoms with Gasteiger partial charge in [0.2, 0.25) is 11.8 Å². The summed E-state index contributed by atoms with van der Waals surface area (Å²) >= 11 is 0. The minimum Gasteiger partial charge on any atom is -0.379 e. The lowest BCUT2D eigenvalue weighted by Gasteiger charge is -2.19. The Morgan fingerprint density at radius 2 is 2.00 bits per heavy atom. The Bertz CT molecular complexity index is 292. The molecule has 0 aromatic heterocycles. The van der Waals surface area contributed by atoms with E-state index in [0.717, 1.165) is 0 Å². The molecule has 2 amide bonds. The fourth-order valence-electron chi connectivity index (χ4n) is 2.00. The Morgan fingerprint density at radius 3 is 2.50 bits per heavy atom. The van der Waals surface area contributed by atoms with Crippen molar-refractivity contribution in [1.82, 2.24) is 10.2 Å². The van der Waals surface area contributed by atoms with Crippen LogP contribution < -0.4 is 11.1 Å². The van der Waals surface area contributed by atoms with Gasteiger partial charge in [-0.05, 0) is 13.8 Å². The van der Waals surface area contributed by atoms with Crippen LogP contribution in [-0.4, -0.2) is 55.6 Å². The van der Waals surface area contributed by atoms with Gasteiger partial charge in [0.15, 0.2) is 0 Å². The Labute approximate surface area is 108 Å². The molecule has 1 heterocycles. The number of hydrogen-bond acceptors (Lipinski definition) is 4. The largest absolute Gasteiger partial charge is 0.379 e. The molecule has 18 heavy (non-hydrogen) atoms. The highest BCUT2D eigenvalue weighted by Crippen LogP contribution is 2.11. The number of nitrogens with two attached hydrogens (primary N) is 1. The number of carbonyl (C=O) groups is 2. The molecule has 0 aromatic carbocycles. The molecule has 3 N–H and O–H groups in total. The fraction of sp³-hybridized carbons (Fsp3) is 0.833. The van der Waals surface area contributed by atoms with E-state index in [1.165, 1.54) is 0 Å². The lowest BCUT2D eigenvalue weighted by molar-refractivity contribution is -0.131. The first-order chi connectivity index (χ1) is 8.60. The van der Waals surface area contributed by atoms with Crippen LogP contribution in [0.3, 0.4) is 0 Å². The number of carbonyl (C=O) groups excluding carboxylic acids is 2. The van der Waals surface area contributed by atoms with Crippen LogP contribution in [0, 0.1) is 5.92 Å². The number of hydrogen-bond donors (Lipinski definition) is 2. The van der Waals surface area contributed by atoms with Crippen molar-refractivity contribution in [2.24, 2.45) is 11.7 Å². The molecule has 2 atom stereocenters. The minimum absolute atomic E-state index is 0.0623. The molecule has 1 aliphatic heterocycles. The Kier molecular flexibility index (Phi) is 6.07. The van der Waals surface area contributed by atoms with Gasteiger partial charge in [0.1, 0.15) is 0 Å². The van der Waals surface area contributed by atoms with Gasteiger partial charge < -0.3 is 20.7 Å². The third-order valence-electron chi connectivity index (χ3n) is 3.22. The van der Waals surface area contributed by atoms with Gasteiger partial charge in [0.05, 0.1) is 19.1 Å². The minimum atomic E-state index is -0.284. The predicted octanol–water partition coefficient (Wildman–Crippen LogP) is -0.665. The summed E-state index contributed by atoms with van der Waals surface area (Å²) in [4.78, 5) is 25.2. The van der Waals surface area contributed by atoms with E-state index in [4.69, 9.17) is 10.5 Å². The first-order valence-corrected chi connectivity index (χ1v) is 6.48. The number of ether oxygens (including phenoxy) is 1. The molecule has 0 radical (unpaired) electrons. The molecule has 1 fully saturated rings. The first kappa shape index (κ1) is 14.9. The normalized spacial score (nSPS) is 22.8. The molecule has 1 rings (SSSR count). The molecule has 0 bridgehead atoms. The van der Waals surface area contributed by atoms with Gasteiger partial charge in [0, 0.05) is 32.1 Å². The molecule has 104 valence electrons. The number of amides is 2. The van der Waals surface area contributed by atoms with Crippen LogP contribution in [-0.2, 0) is 14.3 Å². The molecule has 0 aromatic rings. The standard InChI is InChI=1S/C12H23N3O3/c1-3-15(4-2)11(16)5-6-14-12(17)9-7-18-8-10(9)13/h9-10H,3-8,13H2,1-2H3,(H,14,17). The molecular weight excluding hydrogens is 234 g/mol. The van der Waals surface area contributed by atoms with E-state index in [-0.39, 0.29) is 23.8 Å². The van der Waals surface area contributed by atoms with E-state index in [0.29, 0.717) is 39.3 Å². The molecular formula is C12H23N3O3. The zero-order valence-corrected chi connectivity index (χ0v) is 11.1. The van der Waals surface area contributed by atoms with E-state index >= 15 is 0 Å². The SMILES string of the molecule is CCN(CC)C(=O)CCNC(=O)C1COCC1N. The van der Waals surface area contributed by atoms with Crippen molar-refractivity contribution >= 4 is 11.8 Å². The maximum absolute atomic E-state index is 11.8. The van der Waals surface area contributed by atoms with Crippen molar-refractivity contribution in [2.45, 2.75) is 26.3 Å². The van der Waals surface area contributed by atoms with Crippen LogP contribution in [0.25, 0.3) is 0 Å². The second-order valence-corrected chi connectivity index (χ2v) is 4.41. The second-order valence-electron chi connectivity index (χ2n) is 4.41. The van der Waals surface area contributed by atoms with Crippen molar-refractivity contribution in [2.75, 3.05) is 32.8 Å². The Balaban J connectivity index is 2.25. The highest BCUT2D eigenvalue weighted by molar-refractivity contribution is 5.81. The van der Waals surface area contributed by atoms with Gasteiger partial charge in [-0.3, -0.25) is 9.59 Å². The number of rotatable bonds is 6. The number of nitrogens with one attached hydrogen (secondary N) is 1. The maximum atomic E-state index is 11.8. The van der Waals surface area contributed by atoms with E-state index in [1.807, 2.05) is 13.8 Å². The molecule has 6 heteroatoms. The molecule has 0 aliphatic carbocycles. The number of nitrogens with zero attached hydrogens (tertiary/aromatic N) is 1. The summed E-state index contributed by atoms with van der Waals surface area (Å²) in [6.45, 7) is 6.43. The van der Waals surface area contributed by atoms with Crippen LogP contribution in [0.15, 0.2) is 0 Å². The van der Waals surface area contributed by atoms with Crippen LogP contribution in [0.1, 0.15) is 20.3 Å². The van der Waals surface area contributed by atoms with Crippen LogP contribution in [0.4, 0.5) is 0 Å². The highest BCUT2D eigenvalue weighted by atomic mass is 16.5. The highest BCUT2D eigenvalue weighted by Gasteiger charge is 2.31. The molecule has 2 unspecified atom stereocenters. The smallest absolute Gasteiger partial charge is 0.227 e. The van der Waals surface area contributed by atoms with Gasteiger partial charge >= 0.3 is 0 Å². The molecule has 1 aliphatic rings. The summed E-state index contributed by atoms with van der Waals surface area (Å²) in [5.41, 5.74) is 5.74. The van der Waals surface area contributed by atoms with Gasteiger partial charge in [-0.15, -0.1) is 0 Å². The second kappa shape index (κ2) is 7.33. The van der Waals surface area contributed by atoms with Crippen LogP contribution in [0.2, 0.25) is 0 Å². The third-order valence-corrected chi connectivity index (χ3v) is 3.22. The van der Waals surface area contributed by atoms with E-state index < -0.39 is 0 Å². The van der Waals surface area contributed by atoms with Gasteiger partial charge in [-0.25, -0.2) is 0 Å². The van der Waals surface area contributed by atoms with Gasteiger partial charge in [-0.1, -0.05) is 0 Å². The summed E-state index contributed by atoms with van der Waals surface area (Å²) in [7, 11) is 0. The van der Waals surface area contributed by atoms with Crippen molar-refractivity contribution < 1.29 is 14.3 Å². The van der Waals surface area contributed by atoms with E-state index in [2.05, 4.69) is 5.32 Å². The summed E-state index contributed by atoms with van der Waals surface area (Å²) < 4.78 is 5.13. The molecule has 6 nitrogen and oxygen atoms in total. The molecule has 0 spiro atoms.